The molecule has 0 aliphatic carbocycles. The van der Waals surface area contributed by atoms with Crippen molar-refractivity contribution >= 4 is 11.6 Å². The Morgan fingerprint density at radius 3 is 2.57 bits per heavy atom. The predicted octanol–water partition coefficient (Wildman–Crippen LogP) is 1.41. The van der Waals surface area contributed by atoms with Crippen LogP contribution in [0.1, 0.15) is 18.5 Å². The maximum atomic E-state index is 6.11. The van der Waals surface area contributed by atoms with E-state index < -0.39 is 0 Å². The summed E-state index contributed by atoms with van der Waals surface area (Å²) in [6, 6.07) is 8.03. The first kappa shape index (κ1) is 9.93. The highest BCUT2D eigenvalue weighted by atomic mass is 35.5. The van der Waals surface area contributed by atoms with Gasteiger partial charge in [-0.05, 0) is 11.6 Å². The van der Waals surface area contributed by atoms with Crippen LogP contribution in [-0.4, -0.2) is 6.17 Å². The summed E-state index contributed by atoms with van der Waals surface area (Å²) in [5.74, 6) is 0.329. The molecule has 4 N–H and O–H groups in total. The number of benzene rings is 1. The van der Waals surface area contributed by atoms with Crippen LogP contribution in [-0.2, 0) is 0 Å². The second kappa shape index (κ2) is 3.87. The summed E-state index contributed by atoms with van der Waals surface area (Å²) in [5.41, 5.74) is 13.1. The van der Waals surface area contributed by atoms with E-state index in [1.165, 1.54) is 0 Å². The maximum Gasteiger partial charge on any atom is 0.0724 e. The van der Waals surface area contributed by atoms with Crippen LogP contribution in [0.3, 0.4) is 0 Å². The Kier molecular flexibility index (Phi) is 2.74. The monoisotopic (exact) mass is 211 g/mol. The molecule has 0 spiro atoms. The minimum atomic E-state index is -0.0173. The fourth-order valence-electron chi connectivity index (χ4n) is 1.74. The third-order valence-corrected chi connectivity index (χ3v) is 3.08. The Bertz CT molecular complexity index is 329. The Labute approximate surface area is 88.6 Å². The van der Waals surface area contributed by atoms with E-state index in [2.05, 4.69) is 17.8 Å². The molecule has 0 aromatic heterocycles. The van der Waals surface area contributed by atoms with Crippen molar-refractivity contribution in [1.29, 1.82) is 0 Å². The molecule has 76 valence electrons. The number of halogens is 1. The van der Waals surface area contributed by atoms with Crippen molar-refractivity contribution in [3.8, 4) is 0 Å². The van der Waals surface area contributed by atoms with Crippen molar-refractivity contribution in [2.45, 2.75) is 19.1 Å². The molecule has 1 heterocycles. The summed E-state index contributed by atoms with van der Waals surface area (Å²) in [7, 11) is 0. The Hall–Kier alpha value is -0.610. The topological polar surface area (TPSA) is 50.1 Å². The van der Waals surface area contributed by atoms with Gasteiger partial charge in [-0.2, -0.15) is 0 Å². The zero-order valence-electron chi connectivity index (χ0n) is 8.00. The summed E-state index contributed by atoms with van der Waals surface area (Å²) >= 11 is 6.11. The number of hydrazine groups is 1. The largest absolute Gasteiger partial charge is 0.315 e. The van der Waals surface area contributed by atoms with Crippen molar-refractivity contribution in [2.24, 2.45) is 11.7 Å². The van der Waals surface area contributed by atoms with Gasteiger partial charge in [0.2, 0.25) is 0 Å². The van der Waals surface area contributed by atoms with Crippen molar-refractivity contribution in [2.75, 3.05) is 0 Å². The van der Waals surface area contributed by atoms with Gasteiger partial charge in [-0.1, -0.05) is 36.7 Å². The molecule has 1 aliphatic heterocycles. The van der Waals surface area contributed by atoms with Crippen LogP contribution in [0.4, 0.5) is 0 Å². The predicted molar refractivity (Wildman–Crippen MR) is 57.6 cm³/mol. The minimum absolute atomic E-state index is 0.0173. The van der Waals surface area contributed by atoms with Gasteiger partial charge in [0.05, 0.1) is 12.2 Å². The molecule has 2 rings (SSSR count). The molecule has 0 radical (unpaired) electrons. The van der Waals surface area contributed by atoms with Crippen LogP contribution in [0.15, 0.2) is 24.3 Å². The average molecular weight is 212 g/mol. The second-order valence-corrected chi connectivity index (χ2v) is 4.08. The van der Waals surface area contributed by atoms with Crippen LogP contribution in [0.2, 0.25) is 5.02 Å². The fourth-order valence-corrected chi connectivity index (χ4v) is 2.00. The summed E-state index contributed by atoms with van der Waals surface area (Å²) in [4.78, 5) is 0. The molecule has 14 heavy (non-hydrogen) atoms. The van der Waals surface area contributed by atoms with Gasteiger partial charge in [0.1, 0.15) is 0 Å². The Morgan fingerprint density at radius 2 is 2.00 bits per heavy atom. The number of nitrogens with two attached hydrogens (primary N) is 1. The summed E-state index contributed by atoms with van der Waals surface area (Å²) in [6.45, 7) is 2.10. The van der Waals surface area contributed by atoms with Gasteiger partial charge < -0.3 is 5.73 Å². The van der Waals surface area contributed by atoms with Gasteiger partial charge in [-0.25, -0.2) is 10.9 Å². The second-order valence-electron chi connectivity index (χ2n) is 3.67. The molecule has 0 amide bonds. The standard InChI is InChI=1S/C10H14ClN3/c1-6-9(13-14-10(6)12)7-4-2-3-5-8(7)11/h2-6,9-10,13-14H,12H2,1H3. The fraction of sp³-hybridized carbons (Fsp3) is 0.400. The summed E-state index contributed by atoms with van der Waals surface area (Å²) < 4.78 is 0. The zero-order valence-corrected chi connectivity index (χ0v) is 8.75. The molecule has 1 saturated heterocycles. The Balaban J connectivity index is 2.28. The number of nitrogens with one attached hydrogen (secondary N) is 2. The van der Waals surface area contributed by atoms with E-state index >= 15 is 0 Å². The molecule has 1 aliphatic rings. The third kappa shape index (κ3) is 1.64. The Morgan fingerprint density at radius 1 is 1.29 bits per heavy atom. The van der Waals surface area contributed by atoms with Crippen molar-refractivity contribution in [3.05, 3.63) is 34.9 Å². The van der Waals surface area contributed by atoms with Crippen molar-refractivity contribution < 1.29 is 0 Å². The molecule has 3 atom stereocenters. The third-order valence-electron chi connectivity index (χ3n) is 2.74. The van der Waals surface area contributed by atoms with Gasteiger partial charge >= 0.3 is 0 Å². The van der Waals surface area contributed by atoms with Gasteiger partial charge in [-0.15, -0.1) is 0 Å². The highest BCUT2D eigenvalue weighted by Gasteiger charge is 2.31. The zero-order chi connectivity index (χ0) is 10.1. The molecule has 1 aromatic carbocycles. The quantitative estimate of drug-likeness (QED) is 0.659. The first-order chi connectivity index (χ1) is 6.70. The lowest BCUT2D eigenvalue weighted by Crippen LogP contribution is -2.38. The van der Waals surface area contributed by atoms with E-state index in [0.717, 1.165) is 10.6 Å². The van der Waals surface area contributed by atoms with Gasteiger partial charge in [-0.3, -0.25) is 0 Å². The first-order valence-electron chi connectivity index (χ1n) is 4.71. The lowest BCUT2D eigenvalue weighted by Gasteiger charge is -2.17. The summed E-state index contributed by atoms with van der Waals surface area (Å²) in [6.07, 6.45) is -0.0173. The lowest BCUT2D eigenvalue weighted by atomic mass is 9.95. The molecule has 4 heteroatoms. The average Bonchev–Trinajstić information content (AvgIpc) is 2.49. The molecule has 1 fully saturated rings. The molecule has 3 unspecified atom stereocenters. The minimum Gasteiger partial charge on any atom is -0.315 e. The van der Waals surface area contributed by atoms with Crippen LogP contribution >= 0.6 is 11.6 Å². The first-order valence-corrected chi connectivity index (χ1v) is 5.09. The molecule has 1 aromatic rings. The maximum absolute atomic E-state index is 6.11. The number of hydrogen-bond acceptors (Lipinski definition) is 3. The molecule has 0 saturated carbocycles. The van der Waals surface area contributed by atoms with E-state index in [-0.39, 0.29) is 12.2 Å². The van der Waals surface area contributed by atoms with E-state index in [1.807, 2.05) is 24.3 Å². The highest BCUT2D eigenvalue weighted by Crippen LogP contribution is 2.30. The van der Waals surface area contributed by atoms with E-state index in [4.69, 9.17) is 17.3 Å². The van der Waals surface area contributed by atoms with E-state index in [0.29, 0.717) is 5.92 Å². The molecule has 3 nitrogen and oxygen atoms in total. The lowest BCUT2D eigenvalue weighted by molar-refractivity contribution is 0.463. The van der Waals surface area contributed by atoms with Crippen LogP contribution in [0.5, 0.6) is 0 Å². The van der Waals surface area contributed by atoms with Gasteiger partial charge in [0.15, 0.2) is 0 Å². The van der Waals surface area contributed by atoms with E-state index in [9.17, 15) is 0 Å². The normalized spacial score (nSPS) is 32.1. The smallest absolute Gasteiger partial charge is 0.0724 e. The van der Waals surface area contributed by atoms with Crippen LogP contribution < -0.4 is 16.6 Å². The van der Waals surface area contributed by atoms with Gasteiger partial charge in [0.25, 0.3) is 0 Å². The number of rotatable bonds is 1. The van der Waals surface area contributed by atoms with E-state index in [1.54, 1.807) is 0 Å². The van der Waals surface area contributed by atoms with Crippen LogP contribution in [0, 0.1) is 5.92 Å². The molecular weight excluding hydrogens is 198 g/mol. The van der Waals surface area contributed by atoms with Crippen molar-refractivity contribution in [1.82, 2.24) is 10.9 Å². The van der Waals surface area contributed by atoms with Crippen LogP contribution in [0.25, 0.3) is 0 Å². The number of hydrogen-bond donors (Lipinski definition) is 3. The van der Waals surface area contributed by atoms with Gasteiger partial charge in [0, 0.05) is 10.9 Å². The summed E-state index contributed by atoms with van der Waals surface area (Å²) in [5, 5.41) is 0.785. The molecular formula is C10H14ClN3. The highest BCUT2D eigenvalue weighted by molar-refractivity contribution is 6.31. The van der Waals surface area contributed by atoms with Crippen molar-refractivity contribution in [3.63, 3.8) is 0 Å². The molecule has 0 bridgehead atoms. The SMILES string of the molecule is CC1C(N)NNC1c1ccccc1Cl.